The number of rotatable bonds is 5. The Morgan fingerprint density at radius 2 is 1.94 bits per heavy atom. The molecule has 4 rings (SSSR count). The maximum absolute atomic E-state index is 13.5. The number of Topliss-reactive ketones (excluding diaryl/α,β-unsaturated/α-hetero) is 1. The van der Waals surface area contributed by atoms with E-state index in [-0.39, 0.29) is 15.6 Å². The number of aliphatic hydroxyl groups is 1. The summed E-state index contributed by atoms with van der Waals surface area (Å²) in [6.45, 7) is 1.59. The standard InChI is InChI=1S/C21H15FN2O5S2/c1-10-18(20(28)29-2)31-21(23-10)24-15(11-5-7-12(22)8-6-11)14(17(26)19(24)27)16(25)13-4-3-9-30-13/h3-9,15,26H,1-2H3/t15-/m1/s1. The molecular formula is C21H15FN2O5S2. The molecule has 0 fully saturated rings. The van der Waals surface area contributed by atoms with E-state index in [9.17, 15) is 23.9 Å². The van der Waals surface area contributed by atoms with E-state index in [1.807, 2.05) is 0 Å². The molecule has 0 unspecified atom stereocenters. The highest BCUT2D eigenvalue weighted by Gasteiger charge is 2.46. The van der Waals surface area contributed by atoms with E-state index in [0.29, 0.717) is 16.1 Å². The number of nitrogens with zero attached hydrogens (tertiary/aromatic N) is 2. The lowest BCUT2D eigenvalue weighted by atomic mass is 9.95. The molecule has 10 heteroatoms. The Balaban J connectivity index is 1.87. The molecule has 1 N–H and O–H groups in total. The van der Waals surface area contributed by atoms with Gasteiger partial charge in [0.05, 0.1) is 29.3 Å². The van der Waals surface area contributed by atoms with Crippen LogP contribution in [0.5, 0.6) is 0 Å². The van der Waals surface area contributed by atoms with Gasteiger partial charge in [-0.25, -0.2) is 14.2 Å². The van der Waals surface area contributed by atoms with Crippen molar-refractivity contribution in [3.8, 4) is 0 Å². The zero-order valence-electron chi connectivity index (χ0n) is 16.3. The van der Waals surface area contributed by atoms with E-state index in [1.165, 1.54) is 42.7 Å². The number of amides is 1. The third-order valence-electron chi connectivity index (χ3n) is 4.75. The number of aryl methyl sites for hydroxylation is 1. The van der Waals surface area contributed by atoms with Crippen LogP contribution in [0.2, 0.25) is 0 Å². The lowest BCUT2D eigenvalue weighted by molar-refractivity contribution is -0.117. The fourth-order valence-electron chi connectivity index (χ4n) is 3.30. The second-order valence-corrected chi connectivity index (χ2v) is 8.53. The number of hydrogen-bond donors (Lipinski definition) is 1. The van der Waals surface area contributed by atoms with Crippen LogP contribution in [0.15, 0.2) is 53.1 Å². The number of aliphatic hydroxyl groups excluding tert-OH is 1. The van der Waals surface area contributed by atoms with Crippen molar-refractivity contribution in [3.63, 3.8) is 0 Å². The predicted molar refractivity (Wildman–Crippen MR) is 113 cm³/mol. The van der Waals surface area contributed by atoms with Gasteiger partial charge in [0, 0.05) is 0 Å². The van der Waals surface area contributed by atoms with Crippen molar-refractivity contribution in [2.75, 3.05) is 12.0 Å². The van der Waals surface area contributed by atoms with Gasteiger partial charge in [0.25, 0.3) is 5.91 Å². The fraction of sp³-hybridized carbons (Fsp3) is 0.143. The Labute approximate surface area is 184 Å². The van der Waals surface area contributed by atoms with E-state index in [4.69, 9.17) is 4.74 Å². The van der Waals surface area contributed by atoms with Crippen LogP contribution in [-0.2, 0) is 9.53 Å². The second-order valence-electron chi connectivity index (χ2n) is 6.60. The maximum atomic E-state index is 13.5. The first-order valence-corrected chi connectivity index (χ1v) is 10.7. The van der Waals surface area contributed by atoms with Crippen molar-refractivity contribution >= 4 is 45.5 Å². The number of thiazole rings is 1. The first-order valence-electron chi connectivity index (χ1n) is 8.99. The number of carbonyl (C=O) groups is 3. The number of esters is 1. The van der Waals surface area contributed by atoms with E-state index in [1.54, 1.807) is 24.4 Å². The minimum atomic E-state index is -1.04. The summed E-state index contributed by atoms with van der Waals surface area (Å²) < 4.78 is 18.3. The highest BCUT2D eigenvalue weighted by Crippen LogP contribution is 2.44. The minimum absolute atomic E-state index is 0.109. The topological polar surface area (TPSA) is 96.8 Å². The molecule has 31 heavy (non-hydrogen) atoms. The summed E-state index contributed by atoms with van der Waals surface area (Å²) in [6, 6.07) is 7.50. The second kappa shape index (κ2) is 8.05. The average Bonchev–Trinajstić information content (AvgIpc) is 3.47. The number of aromatic nitrogens is 1. The Morgan fingerprint density at radius 3 is 2.55 bits per heavy atom. The number of anilines is 1. The van der Waals surface area contributed by atoms with Crippen LogP contribution >= 0.6 is 22.7 Å². The number of halogens is 1. The molecular weight excluding hydrogens is 443 g/mol. The number of benzene rings is 1. The van der Waals surface area contributed by atoms with Crippen molar-refractivity contribution < 1.29 is 28.6 Å². The number of thiophene rings is 1. The van der Waals surface area contributed by atoms with Crippen molar-refractivity contribution in [1.82, 2.24) is 4.98 Å². The van der Waals surface area contributed by atoms with Crippen LogP contribution in [0.4, 0.5) is 9.52 Å². The predicted octanol–water partition coefficient (Wildman–Crippen LogP) is 4.22. The zero-order chi connectivity index (χ0) is 22.3. The highest BCUT2D eigenvalue weighted by molar-refractivity contribution is 7.17. The normalized spacial score (nSPS) is 16.2. The molecule has 0 saturated heterocycles. The summed E-state index contributed by atoms with van der Waals surface area (Å²) in [5.41, 5.74) is 0.618. The average molecular weight is 458 g/mol. The number of carbonyl (C=O) groups excluding carboxylic acids is 3. The summed E-state index contributed by atoms with van der Waals surface area (Å²) in [5, 5.41) is 12.5. The van der Waals surface area contributed by atoms with Gasteiger partial charge in [-0.1, -0.05) is 29.5 Å². The molecule has 0 radical (unpaired) electrons. The molecule has 3 aromatic rings. The molecule has 0 aliphatic carbocycles. The van der Waals surface area contributed by atoms with Gasteiger partial charge in [0.1, 0.15) is 10.7 Å². The molecule has 2 aromatic heterocycles. The van der Waals surface area contributed by atoms with Crippen LogP contribution in [0.25, 0.3) is 0 Å². The van der Waals surface area contributed by atoms with E-state index in [0.717, 1.165) is 16.2 Å². The quantitative estimate of drug-likeness (QED) is 0.454. The zero-order valence-corrected chi connectivity index (χ0v) is 17.9. The molecule has 1 atom stereocenters. The largest absolute Gasteiger partial charge is 0.503 e. The Bertz CT molecular complexity index is 1220. The first kappa shape index (κ1) is 20.9. The lowest BCUT2D eigenvalue weighted by Crippen LogP contribution is -2.31. The summed E-state index contributed by atoms with van der Waals surface area (Å²) >= 11 is 2.08. The van der Waals surface area contributed by atoms with E-state index < -0.39 is 35.3 Å². The van der Waals surface area contributed by atoms with Crippen molar-refractivity contribution in [3.05, 3.63) is 79.9 Å². The van der Waals surface area contributed by atoms with Gasteiger partial charge in [0.2, 0.25) is 5.78 Å². The van der Waals surface area contributed by atoms with Crippen LogP contribution < -0.4 is 4.90 Å². The molecule has 1 aliphatic heterocycles. The van der Waals surface area contributed by atoms with Crippen molar-refractivity contribution in [1.29, 1.82) is 0 Å². The number of hydrogen-bond acceptors (Lipinski definition) is 8. The van der Waals surface area contributed by atoms with Gasteiger partial charge in [-0.05, 0) is 36.1 Å². The summed E-state index contributed by atoms with van der Waals surface area (Å²) in [5.74, 6) is -3.16. The Kier molecular flexibility index (Phi) is 5.42. The molecule has 7 nitrogen and oxygen atoms in total. The van der Waals surface area contributed by atoms with Crippen molar-refractivity contribution in [2.45, 2.75) is 13.0 Å². The van der Waals surface area contributed by atoms with Crippen LogP contribution in [0.3, 0.4) is 0 Å². The van der Waals surface area contributed by atoms with Crippen LogP contribution in [0, 0.1) is 12.7 Å². The SMILES string of the molecule is COC(=O)c1sc(N2C(=O)C(O)=C(C(=O)c3cccs3)[C@H]2c2ccc(F)cc2)nc1C. The minimum Gasteiger partial charge on any atom is -0.503 e. The number of ketones is 1. The molecule has 0 saturated carbocycles. The monoisotopic (exact) mass is 458 g/mol. The van der Waals surface area contributed by atoms with Gasteiger partial charge < -0.3 is 9.84 Å². The van der Waals surface area contributed by atoms with Crippen molar-refractivity contribution in [2.24, 2.45) is 0 Å². The summed E-state index contributed by atoms with van der Waals surface area (Å²) in [6.07, 6.45) is 0. The lowest BCUT2D eigenvalue weighted by Gasteiger charge is -2.24. The molecule has 1 aromatic carbocycles. The molecule has 158 valence electrons. The van der Waals surface area contributed by atoms with Crippen LogP contribution in [0.1, 0.15) is 36.6 Å². The van der Waals surface area contributed by atoms with Crippen LogP contribution in [-0.4, -0.2) is 34.9 Å². The Morgan fingerprint density at radius 1 is 1.23 bits per heavy atom. The van der Waals surface area contributed by atoms with Gasteiger partial charge >= 0.3 is 5.97 Å². The summed E-state index contributed by atoms with van der Waals surface area (Å²) in [7, 11) is 1.23. The highest BCUT2D eigenvalue weighted by atomic mass is 32.1. The third kappa shape index (κ3) is 3.53. The number of ether oxygens (including phenoxy) is 1. The Hall–Kier alpha value is -3.37. The first-order chi connectivity index (χ1) is 14.8. The maximum Gasteiger partial charge on any atom is 0.350 e. The smallest absolute Gasteiger partial charge is 0.350 e. The molecule has 0 bridgehead atoms. The van der Waals surface area contributed by atoms with Gasteiger partial charge in [0.15, 0.2) is 10.9 Å². The molecule has 1 aliphatic rings. The van der Waals surface area contributed by atoms with Gasteiger partial charge in [-0.2, -0.15) is 0 Å². The van der Waals surface area contributed by atoms with E-state index >= 15 is 0 Å². The molecule has 1 amide bonds. The van der Waals surface area contributed by atoms with E-state index in [2.05, 4.69) is 4.98 Å². The molecule has 3 heterocycles. The molecule has 0 spiro atoms. The number of methoxy groups -OCH3 is 1. The van der Waals surface area contributed by atoms with Gasteiger partial charge in [-0.15, -0.1) is 11.3 Å². The summed E-state index contributed by atoms with van der Waals surface area (Å²) in [4.78, 5) is 44.2. The van der Waals surface area contributed by atoms with Gasteiger partial charge in [-0.3, -0.25) is 14.5 Å². The third-order valence-corrected chi connectivity index (χ3v) is 6.75. The fourth-order valence-corrected chi connectivity index (χ4v) is 4.99.